The number of rotatable bonds is 4. The standard InChI is InChI=1S/C20H32O2/c1-12-6-10-16(13(2)8-11-17-20(4,5)22-17)19(21)18-14(3)7-9-15(12)18/h7,13,16-19,21H,6,8-11H2,1-5H3/t13-,16+,17+,18-,19-/m1/s1. The fourth-order valence-electron chi connectivity index (χ4n) is 4.67. The van der Waals surface area contributed by atoms with E-state index < -0.39 is 0 Å². The maximum atomic E-state index is 11.1. The van der Waals surface area contributed by atoms with E-state index in [1.54, 1.807) is 0 Å². The molecule has 2 heteroatoms. The van der Waals surface area contributed by atoms with Crippen LogP contribution in [0.1, 0.15) is 66.7 Å². The third-order valence-corrected chi connectivity index (χ3v) is 6.47. The Kier molecular flexibility index (Phi) is 4.28. The fourth-order valence-corrected chi connectivity index (χ4v) is 4.67. The summed E-state index contributed by atoms with van der Waals surface area (Å²) in [5, 5.41) is 11.1. The van der Waals surface area contributed by atoms with E-state index in [1.807, 2.05) is 0 Å². The SMILES string of the molecule is CC1=CCC2=C(C)CC[C@@H]([C@H](C)CC[C@@H]3OC3(C)C)[C@@H](O)[C@H]12. The lowest BCUT2D eigenvalue weighted by Crippen LogP contribution is -2.33. The molecule has 1 heterocycles. The van der Waals surface area contributed by atoms with Gasteiger partial charge in [-0.25, -0.2) is 0 Å². The predicted molar refractivity (Wildman–Crippen MR) is 90.6 cm³/mol. The number of epoxide rings is 1. The Morgan fingerprint density at radius 1 is 1.36 bits per heavy atom. The second kappa shape index (κ2) is 5.79. The van der Waals surface area contributed by atoms with Crippen LogP contribution in [0.4, 0.5) is 0 Å². The first kappa shape index (κ1) is 16.3. The van der Waals surface area contributed by atoms with Crippen molar-refractivity contribution in [1.82, 2.24) is 0 Å². The molecule has 2 nitrogen and oxygen atoms in total. The molecule has 124 valence electrons. The summed E-state index contributed by atoms with van der Waals surface area (Å²) in [7, 11) is 0. The van der Waals surface area contributed by atoms with E-state index >= 15 is 0 Å². The Morgan fingerprint density at radius 2 is 2.05 bits per heavy atom. The number of hydrogen-bond donors (Lipinski definition) is 1. The molecule has 0 saturated carbocycles. The Balaban J connectivity index is 1.65. The summed E-state index contributed by atoms with van der Waals surface area (Å²) < 4.78 is 5.72. The molecule has 1 fully saturated rings. The molecule has 0 bridgehead atoms. The average molecular weight is 304 g/mol. The first-order valence-electron chi connectivity index (χ1n) is 9.02. The summed E-state index contributed by atoms with van der Waals surface area (Å²) in [6.45, 7) is 11.2. The van der Waals surface area contributed by atoms with Gasteiger partial charge < -0.3 is 9.84 Å². The molecular formula is C20H32O2. The van der Waals surface area contributed by atoms with Crippen molar-refractivity contribution < 1.29 is 9.84 Å². The third-order valence-electron chi connectivity index (χ3n) is 6.47. The van der Waals surface area contributed by atoms with Crippen molar-refractivity contribution in [2.75, 3.05) is 0 Å². The van der Waals surface area contributed by atoms with Gasteiger partial charge in [-0.05, 0) is 71.6 Å². The van der Waals surface area contributed by atoms with Crippen molar-refractivity contribution in [3.05, 3.63) is 22.8 Å². The quantitative estimate of drug-likeness (QED) is 0.606. The van der Waals surface area contributed by atoms with Gasteiger partial charge in [-0.3, -0.25) is 0 Å². The van der Waals surface area contributed by atoms with Crippen LogP contribution in [0.15, 0.2) is 22.8 Å². The minimum absolute atomic E-state index is 0.0951. The van der Waals surface area contributed by atoms with Crippen LogP contribution < -0.4 is 0 Å². The molecule has 2 aliphatic carbocycles. The number of aliphatic hydroxyl groups is 1. The van der Waals surface area contributed by atoms with Crippen LogP contribution in [0.25, 0.3) is 0 Å². The maximum Gasteiger partial charge on any atom is 0.0892 e. The van der Waals surface area contributed by atoms with Crippen LogP contribution in [0.5, 0.6) is 0 Å². The Morgan fingerprint density at radius 3 is 2.68 bits per heavy atom. The minimum atomic E-state index is -0.200. The lowest BCUT2D eigenvalue weighted by molar-refractivity contribution is 0.0465. The lowest BCUT2D eigenvalue weighted by Gasteiger charge is -2.32. The van der Waals surface area contributed by atoms with Crippen molar-refractivity contribution >= 4 is 0 Å². The molecule has 3 aliphatic rings. The molecule has 5 atom stereocenters. The van der Waals surface area contributed by atoms with Gasteiger partial charge in [0, 0.05) is 5.92 Å². The van der Waals surface area contributed by atoms with E-state index in [-0.39, 0.29) is 11.7 Å². The smallest absolute Gasteiger partial charge is 0.0892 e. The van der Waals surface area contributed by atoms with Crippen LogP contribution in [0.2, 0.25) is 0 Å². The molecule has 22 heavy (non-hydrogen) atoms. The molecule has 0 spiro atoms. The van der Waals surface area contributed by atoms with E-state index in [9.17, 15) is 5.11 Å². The number of hydrogen-bond acceptors (Lipinski definition) is 2. The number of aliphatic hydroxyl groups excluding tert-OH is 1. The van der Waals surface area contributed by atoms with Crippen molar-refractivity contribution in [3.8, 4) is 0 Å². The van der Waals surface area contributed by atoms with Gasteiger partial charge in [-0.2, -0.15) is 0 Å². The highest BCUT2D eigenvalue weighted by molar-refractivity contribution is 5.35. The number of fused-ring (bicyclic) bond motifs is 1. The Labute approximate surface area is 135 Å². The molecule has 1 aliphatic heterocycles. The van der Waals surface area contributed by atoms with Crippen molar-refractivity contribution in [3.63, 3.8) is 0 Å². The zero-order chi connectivity index (χ0) is 16.1. The van der Waals surface area contributed by atoms with Crippen LogP contribution in [0, 0.1) is 17.8 Å². The van der Waals surface area contributed by atoms with Crippen LogP contribution >= 0.6 is 0 Å². The highest BCUT2D eigenvalue weighted by atomic mass is 16.6. The summed E-state index contributed by atoms with van der Waals surface area (Å²) >= 11 is 0. The van der Waals surface area contributed by atoms with E-state index in [0.29, 0.717) is 23.9 Å². The molecule has 0 aromatic rings. The molecule has 1 saturated heterocycles. The summed E-state index contributed by atoms with van der Waals surface area (Å²) in [6.07, 6.45) is 8.21. The van der Waals surface area contributed by atoms with Crippen LogP contribution in [-0.4, -0.2) is 22.9 Å². The molecule has 3 rings (SSSR count). The third kappa shape index (κ3) is 2.92. The minimum Gasteiger partial charge on any atom is -0.392 e. The van der Waals surface area contributed by atoms with Gasteiger partial charge in [-0.15, -0.1) is 0 Å². The van der Waals surface area contributed by atoms with E-state index in [4.69, 9.17) is 4.74 Å². The van der Waals surface area contributed by atoms with E-state index in [1.165, 1.54) is 23.1 Å². The van der Waals surface area contributed by atoms with Gasteiger partial charge in [0.2, 0.25) is 0 Å². The second-order valence-corrected chi connectivity index (χ2v) is 8.39. The molecule has 0 unspecified atom stereocenters. The monoisotopic (exact) mass is 304 g/mol. The molecule has 0 aromatic carbocycles. The molecule has 0 aromatic heterocycles. The Hall–Kier alpha value is -0.600. The second-order valence-electron chi connectivity index (χ2n) is 8.39. The van der Waals surface area contributed by atoms with Crippen molar-refractivity contribution in [1.29, 1.82) is 0 Å². The number of ether oxygens (including phenoxy) is 1. The molecule has 0 amide bonds. The molecule has 0 radical (unpaired) electrons. The van der Waals surface area contributed by atoms with Crippen LogP contribution in [-0.2, 0) is 4.74 Å². The normalized spacial score (nSPS) is 38.4. The predicted octanol–water partition coefficient (Wildman–Crippen LogP) is 4.63. The van der Waals surface area contributed by atoms with Gasteiger partial charge in [0.25, 0.3) is 0 Å². The van der Waals surface area contributed by atoms with Gasteiger partial charge in [0.05, 0.1) is 17.8 Å². The first-order chi connectivity index (χ1) is 10.3. The Bertz CT molecular complexity index is 500. The summed E-state index contributed by atoms with van der Waals surface area (Å²) in [5.74, 6) is 1.28. The summed E-state index contributed by atoms with van der Waals surface area (Å²) in [6, 6.07) is 0. The highest BCUT2D eigenvalue weighted by Crippen LogP contribution is 2.46. The van der Waals surface area contributed by atoms with E-state index in [2.05, 4.69) is 40.7 Å². The first-order valence-corrected chi connectivity index (χ1v) is 9.02. The van der Waals surface area contributed by atoms with Crippen molar-refractivity contribution in [2.24, 2.45) is 17.8 Å². The summed E-state index contributed by atoms with van der Waals surface area (Å²) in [4.78, 5) is 0. The topological polar surface area (TPSA) is 32.8 Å². The van der Waals surface area contributed by atoms with E-state index in [0.717, 1.165) is 25.7 Å². The van der Waals surface area contributed by atoms with Gasteiger partial charge >= 0.3 is 0 Å². The van der Waals surface area contributed by atoms with Gasteiger partial charge in [0.15, 0.2) is 0 Å². The molecular weight excluding hydrogens is 272 g/mol. The zero-order valence-electron chi connectivity index (χ0n) is 14.9. The van der Waals surface area contributed by atoms with Gasteiger partial charge in [0.1, 0.15) is 0 Å². The lowest BCUT2D eigenvalue weighted by atomic mass is 9.77. The van der Waals surface area contributed by atoms with Crippen LogP contribution in [0.3, 0.4) is 0 Å². The number of allylic oxidation sites excluding steroid dienone is 2. The maximum absolute atomic E-state index is 11.1. The zero-order valence-corrected chi connectivity index (χ0v) is 14.9. The van der Waals surface area contributed by atoms with Gasteiger partial charge in [-0.1, -0.05) is 29.7 Å². The highest BCUT2D eigenvalue weighted by Gasteiger charge is 2.47. The largest absolute Gasteiger partial charge is 0.392 e. The van der Waals surface area contributed by atoms with Crippen molar-refractivity contribution in [2.45, 2.75) is 84.5 Å². The fraction of sp³-hybridized carbons (Fsp3) is 0.800. The summed E-state index contributed by atoms with van der Waals surface area (Å²) in [5.41, 5.74) is 4.51. The molecule has 1 N–H and O–H groups in total. The average Bonchev–Trinajstić information content (AvgIpc) is 2.91.